The molecule has 0 N–H and O–H groups in total. The number of hydrogen-bond acceptors (Lipinski definition) is 5. The van der Waals surface area contributed by atoms with Crippen LogP contribution in [0.3, 0.4) is 0 Å². The van der Waals surface area contributed by atoms with Gasteiger partial charge in [-0.3, -0.25) is 0 Å². The van der Waals surface area contributed by atoms with Crippen LogP contribution < -0.4 is 9.47 Å². The van der Waals surface area contributed by atoms with Crippen LogP contribution in [0.25, 0.3) is 17.0 Å². The summed E-state index contributed by atoms with van der Waals surface area (Å²) in [7, 11) is 3.33. The molecule has 0 spiro atoms. The van der Waals surface area contributed by atoms with Crippen LogP contribution in [0.2, 0.25) is 10.0 Å². The Morgan fingerprint density at radius 2 is 1.26 bits per heavy atom. The maximum absolute atomic E-state index is 6.14. The Balaban J connectivity index is 1.60. The van der Waals surface area contributed by atoms with Crippen molar-refractivity contribution in [1.82, 2.24) is 9.78 Å². The van der Waals surface area contributed by atoms with E-state index in [1.165, 1.54) is 0 Å². The van der Waals surface area contributed by atoms with Crippen molar-refractivity contribution in [2.45, 2.75) is 14.7 Å². The molecular formula is C31H24Cl2N2O2S2. The lowest BCUT2D eigenvalue weighted by atomic mass is 10.1. The Morgan fingerprint density at radius 3 is 1.82 bits per heavy atom. The molecular weight excluding hydrogens is 567 g/mol. The van der Waals surface area contributed by atoms with Crippen molar-refractivity contribution in [1.29, 1.82) is 0 Å². The van der Waals surface area contributed by atoms with Gasteiger partial charge in [-0.2, -0.15) is 5.10 Å². The summed E-state index contributed by atoms with van der Waals surface area (Å²) in [5.41, 5.74) is 3.79. The van der Waals surface area contributed by atoms with Crippen LogP contribution in [0.15, 0.2) is 123 Å². The summed E-state index contributed by atoms with van der Waals surface area (Å²) in [4.78, 5) is 3.15. The van der Waals surface area contributed by atoms with Crippen molar-refractivity contribution in [3.8, 4) is 22.8 Å². The number of methoxy groups -OCH3 is 2. The number of halogens is 2. The largest absolute Gasteiger partial charge is 0.497 e. The molecule has 0 aliphatic carbocycles. The van der Waals surface area contributed by atoms with Gasteiger partial charge in [0.15, 0.2) is 0 Å². The van der Waals surface area contributed by atoms with Gasteiger partial charge < -0.3 is 9.47 Å². The number of thioether (sulfide) groups is 1. The van der Waals surface area contributed by atoms with Gasteiger partial charge in [-0.15, -0.1) is 0 Å². The monoisotopic (exact) mass is 590 g/mol. The predicted molar refractivity (Wildman–Crippen MR) is 163 cm³/mol. The molecule has 5 aromatic rings. The molecule has 8 heteroatoms. The van der Waals surface area contributed by atoms with Crippen molar-refractivity contribution in [2.24, 2.45) is 0 Å². The van der Waals surface area contributed by atoms with E-state index >= 15 is 0 Å². The van der Waals surface area contributed by atoms with Gasteiger partial charge in [-0.25, -0.2) is 4.68 Å². The molecule has 0 aliphatic heterocycles. The van der Waals surface area contributed by atoms with Gasteiger partial charge in [-0.1, -0.05) is 46.7 Å². The third-order valence-electron chi connectivity index (χ3n) is 5.84. The van der Waals surface area contributed by atoms with E-state index in [4.69, 9.17) is 37.8 Å². The van der Waals surface area contributed by atoms with Crippen molar-refractivity contribution >= 4 is 52.4 Å². The van der Waals surface area contributed by atoms with Crippen LogP contribution in [0.1, 0.15) is 5.56 Å². The summed E-state index contributed by atoms with van der Waals surface area (Å²) in [6.45, 7) is 0. The molecule has 0 atom stereocenters. The van der Waals surface area contributed by atoms with Gasteiger partial charge in [0.05, 0.1) is 24.8 Å². The van der Waals surface area contributed by atoms with Crippen LogP contribution >= 0.6 is 46.7 Å². The summed E-state index contributed by atoms with van der Waals surface area (Å²) >= 11 is 15.5. The van der Waals surface area contributed by atoms with Crippen LogP contribution in [-0.4, -0.2) is 24.0 Å². The highest BCUT2D eigenvalue weighted by Crippen LogP contribution is 2.38. The first-order valence-corrected chi connectivity index (χ1v) is 14.4. The summed E-state index contributed by atoms with van der Waals surface area (Å²) in [6, 6.07) is 31.5. The Labute approximate surface area is 246 Å². The molecule has 0 saturated heterocycles. The van der Waals surface area contributed by atoms with Crippen LogP contribution in [-0.2, 0) is 0 Å². The minimum atomic E-state index is 0.703. The van der Waals surface area contributed by atoms with E-state index in [0.717, 1.165) is 48.7 Å². The molecule has 1 aromatic heterocycles. The number of ether oxygens (including phenoxy) is 2. The lowest BCUT2D eigenvalue weighted by molar-refractivity contribution is 0.414. The number of benzene rings is 4. The van der Waals surface area contributed by atoms with Crippen LogP contribution in [0.4, 0.5) is 0 Å². The standard InChI is InChI=1S/C31H24Cl2N2O2S2/c1-36-25-11-3-21(4-12-25)29(20-38-27-15-7-23(32)8-16-27)35-19-30(39-28-17-9-24(33)10-18-28)31(34-35)22-5-13-26(37-2)14-6-22/h3-20H,1-2H3/b29-20+. The Kier molecular flexibility index (Phi) is 8.89. The van der Waals surface area contributed by atoms with Gasteiger partial charge in [-0.05, 0) is 97.1 Å². The highest BCUT2D eigenvalue weighted by Gasteiger charge is 2.17. The van der Waals surface area contributed by atoms with Gasteiger partial charge in [0.25, 0.3) is 0 Å². The first-order valence-electron chi connectivity index (χ1n) is 12.0. The third kappa shape index (κ3) is 6.84. The van der Waals surface area contributed by atoms with E-state index in [0.29, 0.717) is 10.0 Å². The van der Waals surface area contributed by atoms with Crippen molar-refractivity contribution < 1.29 is 9.47 Å². The second kappa shape index (κ2) is 12.7. The smallest absolute Gasteiger partial charge is 0.118 e. The van der Waals surface area contributed by atoms with E-state index in [1.807, 2.05) is 102 Å². The van der Waals surface area contributed by atoms with Crippen LogP contribution in [0, 0.1) is 0 Å². The summed E-state index contributed by atoms with van der Waals surface area (Å²) in [5.74, 6) is 1.59. The third-order valence-corrected chi connectivity index (χ3v) is 8.25. The zero-order valence-corrected chi connectivity index (χ0v) is 24.3. The summed E-state index contributed by atoms with van der Waals surface area (Å²) in [5, 5.41) is 8.60. The Morgan fingerprint density at radius 1 is 0.718 bits per heavy atom. The Bertz CT molecular complexity index is 1570. The fourth-order valence-electron chi connectivity index (χ4n) is 3.79. The molecule has 0 aliphatic rings. The molecule has 0 saturated carbocycles. The summed E-state index contributed by atoms with van der Waals surface area (Å²) in [6.07, 6.45) is 2.07. The molecule has 196 valence electrons. The topological polar surface area (TPSA) is 36.3 Å². The molecule has 1 heterocycles. The normalized spacial score (nSPS) is 11.4. The summed E-state index contributed by atoms with van der Waals surface area (Å²) < 4.78 is 12.7. The number of hydrogen-bond donors (Lipinski definition) is 0. The van der Waals surface area contributed by atoms with E-state index < -0.39 is 0 Å². The zero-order valence-electron chi connectivity index (χ0n) is 21.2. The highest BCUT2D eigenvalue weighted by atomic mass is 35.5. The van der Waals surface area contributed by atoms with E-state index in [1.54, 1.807) is 37.7 Å². The van der Waals surface area contributed by atoms with Gasteiger partial charge in [0.1, 0.15) is 17.2 Å². The predicted octanol–water partition coefficient (Wildman–Crippen LogP) is 9.66. The Hall–Kier alpha value is -3.29. The highest BCUT2D eigenvalue weighted by molar-refractivity contribution is 8.02. The average molecular weight is 592 g/mol. The molecule has 0 unspecified atom stereocenters. The molecule has 4 aromatic carbocycles. The van der Waals surface area contributed by atoms with Crippen molar-refractivity contribution in [3.05, 3.63) is 124 Å². The lowest BCUT2D eigenvalue weighted by Crippen LogP contribution is -2.00. The number of nitrogens with zero attached hydrogens (tertiary/aromatic N) is 2. The van der Waals surface area contributed by atoms with Crippen LogP contribution in [0.5, 0.6) is 11.5 Å². The molecule has 5 rings (SSSR count). The number of aromatic nitrogens is 2. The van der Waals surface area contributed by atoms with Gasteiger partial charge >= 0.3 is 0 Å². The van der Waals surface area contributed by atoms with Gasteiger partial charge in [0, 0.05) is 42.6 Å². The average Bonchev–Trinajstić information content (AvgIpc) is 3.39. The second-order valence-corrected chi connectivity index (χ2v) is 11.3. The van der Waals surface area contributed by atoms with Crippen molar-refractivity contribution in [3.63, 3.8) is 0 Å². The molecule has 0 fully saturated rings. The van der Waals surface area contributed by atoms with Gasteiger partial charge in [0.2, 0.25) is 0 Å². The van der Waals surface area contributed by atoms with E-state index in [9.17, 15) is 0 Å². The maximum atomic E-state index is 6.14. The molecule has 39 heavy (non-hydrogen) atoms. The fourth-order valence-corrected chi connectivity index (χ4v) is 5.76. The SMILES string of the molecule is COc1ccc(/C(=C\Sc2ccc(Cl)cc2)n2cc(Sc3ccc(Cl)cc3)c(-c3ccc(OC)cc3)n2)cc1. The zero-order chi connectivity index (χ0) is 27.2. The fraction of sp³-hybridized carbons (Fsp3) is 0.0645. The quantitative estimate of drug-likeness (QED) is 0.160. The van der Waals surface area contributed by atoms with E-state index in [2.05, 4.69) is 11.6 Å². The van der Waals surface area contributed by atoms with Crippen molar-refractivity contribution in [2.75, 3.05) is 14.2 Å². The maximum Gasteiger partial charge on any atom is 0.118 e. The second-order valence-electron chi connectivity index (χ2n) is 8.37. The first kappa shape index (κ1) is 27.3. The van der Waals surface area contributed by atoms with E-state index in [-0.39, 0.29) is 0 Å². The molecule has 0 bridgehead atoms. The lowest BCUT2D eigenvalue weighted by Gasteiger charge is -2.10. The minimum Gasteiger partial charge on any atom is -0.497 e. The molecule has 0 amide bonds. The molecule has 4 nitrogen and oxygen atoms in total. The molecule has 0 radical (unpaired) electrons. The minimum absolute atomic E-state index is 0.703. The number of rotatable bonds is 9. The first-order chi connectivity index (χ1) is 19.0.